The van der Waals surface area contributed by atoms with E-state index in [1.165, 1.54) is 26.4 Å². The van der Waals surface area contributed by atoms with Crippen LogP contribution in [0.4, 0.5) is 0 Å². The fourth-order valence-electron chi connectivity index (χ4n) is 3.16. The highest BCUT2D eigenvalue weighted by Gasteiger charge is 2.21. The van der Waals surface area contributed by atoms with Gasteiger partial charge in [-0.1, -0.05) is 31.4 Å². The van der Waals surface area contributed by atoms with Crippen LogP contribution in [0.3, 0.4) is 0 Å². The topological polar surface area (TPSA) is 99.0 Å². The number of tetrazole rings is 1. The maximum atomic E-state index is 12.5. The summed E-state index contributed by atoms with van der Waals surface area (Å²) in [6.45, 7) is 0.206. The lowest BCUT2D eigenvalue weighted by Gasteiger charge is -2.22. The Morgan fingerprint density at radius 2 is 1.92 bits per heavy atom. The predicted octanol–water partition coefficient (Wildman–Crippen LogP) is 1.89. The number of carbonyl (C=O) groups is 2. The molecule has 0 atom stereocenters. The second kappa shape index (κ2) is 7.87. The summed E-state index contributed by atoms with van der Waals surface area (Å²) in [5, 5.41) is 14.6. The van der Waals surface area contributed by atoms with Gasteiger partial charge in [0.15, 0.2) is 5.82 Å². The summed E-state index contributed by atoms with van der Waals surface area (Å²) in [6.07, 6.45) is 5.69. The Labute approximate surface area is 145 Å². The summed E-state index contributed by atoms with van der Waals surface area (Å²) in [4.78, 5) is 24.3. The van der Waals surface area contributed by atoms with E-state index >= 15 is 0 Å². The molecule has 0 unspecified atom stereocenters. The number of nitrogens with zero attached hydrogens (tertiary/aromatic N) is 4. The van der Waals surface area contributed by atoms with Crippen LogP contribution in [0.2, 0.25) is 0 Å². The molecule has 3 rings (SSSR count). The minimum absolute atomic E-state index is 0.206. The minimum Gasteiger partial charge on any atom is -0.465 e. The van der Waals surface area contributed by atoms with Crippen LogP contribution in [0.25, 0.3) is 0 Å². The molecule has 0 bridgehead atoms. The van der Waals surface area contributed by atoms with Crippen LogP contribution < -0.4 is 5.32 Å². The predicted molar refractivity (Wildman–Crippen MR) is 88.9 cm³/mol. The third-order valence-corrected chi connectivity index (χ3v) is 4.47. The van der Waals surface area contributed by atoms with Crippen molar-refractivity contribution in [3.63, 3.8) is 0 Å². The first kappa shape index (κ1) is 17.1. The number of amides is 1. The average molecular weight is 343 g/mol. The van der Waals surface area contributed by atoms with Gasteiger partial charge in [-0.2, -0.15) is 0 Å². The van der Waals surface area contributed by atoms with Gasteiger partial charge in [-0.3, -0.25) is 4.79 Å². The van der Waals surface area contributed by atoms with Gasteiger partial charge in [0.05, 0.1) is 30.8 Å². The van der Waals surface area contributed by atoms with Crippen molar-refractivity contribution >= 4 is 11.9 Å². The number of benzene rings is 1. The molecule has 1 saturated carbocycles. The van der Waals surface area contributed by atoms with Crippen molar-refractivity contribution in [1.29, 1.82) is 0 Å². The van der Waals surface area contributed by atoms with Crippen LogP contribution >= 0.6 is 0 Å². The van der Waals surface area contributed by atoms with E-state index < -0.39 is 5.97 Å². The van der Waals surface area contributed by atoms with Gasteiger partial charge >= 0.3 is 5.97 Å². The molecule has 0 saturated heterocycles. The van der Waals surface area contributed by atoms with Gasteiger partial charge in [0.1, 0.15) is 0 Å². The van der Waals surface area contributed by atoms with Crippen LogP contribution in [0, 0.1) is 0 Å². The fourth-order valence-corrected chi connectivity index (χ4v) is 3.16. The summed E-state index contributed by atoms with van der Waals surface area (Å²) in [5.74, 6) is -0.284. The smallest absolute Gasteiger partial charge is 0.338 e. The van der Waals surface area contributed by atoms with E-state index in [-0.39, 0.29) is 29.6 Å². The van der Waals surface area contributed by atoms with Gasteiger partial charge in [-0.25, -0.2) is 9.48 Å². The Balaban J connectivity index is 1.70. The SMILES string of the molecule is COC(=O)c1ccccc1C(=O)NCc1nnnn1C1CCCCC1. The molecule has 1 aromatic carbocycles. The first-order valence-corrected chi connectivity index (χ1v) is 8.43. The molecule has 8 heteroatoms. The van der Waals surface area contributed by atoms with E-state index in [4.69, 9.17) is 4.74 Å². The molecule has 1 aromatic heterocycles. The molecule has 0 spiro atoms. The van der Waals surface area contributed by atoms with Gasteiger partial charge < -0.3 is 10.1 Å². The lowest BCUT2D eigenvalue weighted by Crippen LogP contribution is -2.28. The van der Waals surface area contributed by atoms with Crippen molar-refractivity contribution < 1.29 is 14.3 Å². The number of ether oxygens (including phenoxy) is 1. The second-order valence-corrected chi connectivity index (χ2v) is 6.05. The van der Waals surface area contributed by atoms with Crippen molar-refractivity contribution in [2.45, 2.75) is 44.7 Å². The first-order valence-electron chi connectivity index (χ1n) is 8.43. The Bertz CT molecular complexity index is 752. The van der Waals surface area contributed by atoms with Crippen molar-refractivity contribution in [2.24, 2.45) is 0 Å². The maximum Gasteiger partial charge on any atom is 0.338 e. The summed E-state index contributed by atoms with van der Waals surface area (Å²) in [5.41, 5.74) is 0.500. The summed E-state index contributed by atoms with van der Waals surface area (Å²) in [6, 6.07) is 6.83. The first-order chi connectivity index (χ1) is 12.2. The van der Waals surface area contributed by atoms with Crippen molar-refractivity contribution in [1.82, 2.24) is 25.5 Å². The van der Waals surface area contributed by atoms with Crippen molar-refractivity contribution in [3.8, 4) is 0 Å². The molecule has 1 aliphatic rings. The number of rotatable bonds is 5. The van der Waals surface area contributed by atoms with Gasteiger partial charge in [-0.15, -0.1) is 5.10 Å². The van der Waals surface area contributed by atoms with Crippen molar-refractivity contribution in [2.75, 3.05) is 7.11 Å². The number of aromatic nitrogens is 4. The van der Waals surface area contributed by atoms with Crippen LogP contribution in [0.1, 0.15) is 64.7 Å². The van der Waals surface area contributed by atoms with Gasteiger partial charge in [0, 0.05) is 0 Å². The Kier molecular flexibility index (Phi) is 5.37. The Morgan fingerprint density at radius 1 is 1.20 bits per heavy atom. The number of hydrogen-bond acceptors (Lipinski definition) is 6. The summed E-state index contributed by atoms with van der Waals surface area (Å²) in [7, 11) is 1.29. The van der Waals surface area contributed by atoms with E-state index in [1.54, 1.807) is 24.3 Å². The molecule has 8 nitrogen and oxygen atoms in total. The Morgan fingerprint density at radius 3 is 2.64 bits per heavy atom. The second-order valence-electron chi connectivity index (χ2n) is 6.05. The molecule has 1 aliphatic carbocycles. The highest BCUT2D eigenvalue weighted by atomic mass is 16.5. The molecule has 1 fully saturated rings. The molecular formula is C17H21N5O3. The van der Waals surface area contributed by atoms with Gasteiger partial charge in [-0.05, 0) is 35.4 Å². The van der Waals surface area contributed by atoms with E-state index in [9.17, 15) is 9.59 Å². The molecule has 1 heterocycles. The number of carbonyl (C=O) groups excluding carboxylic acids is 2. The number of methoxy groups -OCH3 is 1. The molecule has 2 aromatic rings. The number of nitrogens with one attached hydrogen (secondary N) is 1. The monoisotopic (exact) mass is 343 g/mol. The lowest BCUT2D eigenvalue weighted by molar-refractivity contribution is 0.0596. The van der Waals surface area contributed by atoms with Crippen molar-refractivity contribution in [3.05, 3.63) is 41.2 Å². The van der Waals surface area contributed by atoms with E-state index in [0.29, 0.717) is 5.82 Å². The zero-order valence-corrected chi connectivity index (χ0v) is 14.1. The number of esters is 1. The normalized spacial score (nSPS) is 14.9. The molecule has 1 amide bonds. The van der Waals surface area contributed by atoms with Crippen LogP contribution in [-0.2, 0) is 11.3 Å². The maximum absolute atomic E-state index is 12.5. The number of hydrogen-bond donors (Lipinski definition) is 1. The van der Waals surface area contributed by atoms with Gasteiger partial charge in [0.2, 0.25) is 0 Å². The summed E-state index contributed by atoms with van der Waals surface area (Å²) < 4.78 is 6.53. The van der Waals surface area contributed by atoms with Crippen LogP contribution in [-0.4, -0.2) is 39.2 Å². The van der Waals surface area contributed by atoms with E-state index in [1.807, 2.05) is 4.68 Å². The summed E-state index contributed by atoms with van der Waals surface area (Å²) >= 11 is 0. The molecule has 0 radical (unpaired) electrons. The van der Waals surface area contributed by atoms with Crippen LogP contribution in [0.15, 0.2) is 24.3 Å². The fraction of sp³-hybridized carbons (Fsp3) is 0.471. The highest BCUT2D eigenvalue weighted by molar-refractivity contribution is 6.05. The zero-order valence-electron chi connectivity index (χ0n) is 14.1. The third-order valence-electron chi connectivity index (χ3n) is 4.47. The minimum atomic E-state index is -0.544. The standard InChI is InChI=1S/C17H21N5O3/c1-25-17(24)14-10-6-5-9-13(14)16(23)18-11-15-19-20-21-22(15)12-7-3-2-4-8-12/h5-6,9-10,12H,2-4,7-8,11H2,1H3,(H,18,23). The van der Waals surface area contributed by atoms with Gasteiger partial charge in [0.25, 0.3) is 5.91 Å². The average Bonchev–Trinajstić information content (AvgIpc) is 3.14. The molecule has 0 aliphatic heterocycles. The highest BCUT2D eigenvalue weighted by Crippen LogP contribution is 2.27. The quantitative estimate of drug-likeness (QED) is 0.833. The largest absolute Gasteiger partial charge is 0.465 e. The third kappa shape index (κ3) is 3.84. The lowest BCUT2D eigenvalue weighted by atomic mass is 9.95. The molecule has 132 valence electrons. The molecule has 1 N–H and O–H groups in total. The van der Waals surface area contributed by atoms with E-state index in [0.717, 1.165) is 12.8 Å². The Hall–Kier alpha value is -2.77. The van der Waals surface area contributed by atoms with Crippen LogP contribution in [0.5, 0.6) is 0 Å². The molecule has 25 heavy (non-hydrogen) atoms. The molecular weight excluding hydrogens is 322 g/mol. The van der Waals surface area contributed by atoms with E-state index in [2.05, 4.69) is 20.8 Å². The zero-order chi connectivity index (χ0) is 17.6.